The fourth-order valence-corrected chi connectivity index (χ4v) is 0.854. The average molecular weight is 158 g/mol. The van der Waals surface area contributed by atoms with Crippen LogP contribution < -0.4 is 0 Å². The molecular formula is C8H14OS. The van der Waals surface area contributed by atoms with Crippen molar-refractivity contribution in [2.75, 3.05) is 6.26 Å². The van der Waals surface area contributed by atoms with Crippen molar-refractivity contribution in [3.8, 4) is 0 Å². The quantitative estimate of drug-likeness (QED) is 0.585. The standard InChI is InChI=1S/C8H14OS/c1-4-5-8(9)6-7(2)10-3/h6H,4-5H2,1-3H3/b7-6-. The minimum Gasteiger partial charge on any atom is -0.295 e. The van der Waals surface area contributed by atoms with E-state index in [1.54, 1.807) is 17.8 Å². The molecule has 2 heteroatoms. The molecule has 0 radical (unpaired) electrons. The lowest BCUT2D eigenvalue weighted by molar-refractivity contribution is -0.114. The van der Waals surface area contributed by atoms with E-state index in [2.05, 4.69) is 0 Å². The summed E-state index contributed by atoms with van der Waals surface area (Å²) in [6.45, 7) is 3.97. The highest BCUT2D eigenvalue weighted by Gasteiger charge is 1.94. The molecule has 0 aliphatic rings. The largest absolute Gasteiger partial charge is 0.295 e. The molecule has 0 unspecified atom stereocenters. The average Bonchev–Trinajstić information content (AvgIpc) is 1.88. The van der Waals surface area contributed by atoms with Gasteiger partial charge in [0.2, 0.25) is 0 Å². The van der Waals surface area contributed by atoms with Gasteiger partial charge in [-0.3, -0.25) is 4.79 Å². The second kappa shape index (κ2) is 5.54. The Morgan fingerprint density at radius 3 is 2.60 bits per heavy atom. The number of rotatable bonds is 4. The Morgan fingerprint density at radius 1 is 1.60 bits per heavy atom. The van der Waals surface area contributed by atoms with Gasteiger partial charge in [0.25, 0.3) is 0 Å². The molecule has 0 amide bonds. The van der Waals surface area contributed by atoms with Crippen molar-refractivity contribution in [3.63, 3.8) is 0 Å². The summed E-state index contributed by atoms with van der Waals surface area (Å²) < 4.78 is 0. The molecular weight excluding hydrogens is 144 g/mol. The van der Waals surface area contributed by atoms with Crippen LogP contribution in [0.1, 0.15) is 26.7 Å². The van der Waals surface area contributed by atoms with E-state index >= 15 is 0 Å². The maximum Gasteiger partial charge on any atom is 0.156 e. The van der Waals surface area contributed by atoms with Gasteiger partial charge in [0.05, 0.1) is 0 Å². The van der Waals surface area contributed by atoms with Crippen LogP contribution in [0.15, 0.2) is 11.0 Å². The highest BCUT2D eigenvalue weighted by Crippen LogP contribution is 2.09. The third kappa shape index (κ3) is 4.62. The van der Waals surface area contributed by atoms with E-state index < -0.39 is 0 Å². The van der Waals surface area contributed by atoms with Crippen molar-refractivity contribution in [1.82, 2.24) is 0 Å². The van der Waals surface area contributed by atoms with Crippen LogP contribution in [0.3, 0.4) is 0 Å². The fourth-order valence-electron chi connectivity index (χ4n) is 0.604. The Labute approximate surface area is 66.9 Å². The van der Waals surface area contributed by atoms with E-state index in [0.717, 1.165) is 11.3 Å². The smallest absolute Gasteiger partial charge is 0.156 e. The van der Waals surface area contributed by atoms with Crippen molar-refractivity contribution in [2.24, 2.45) is 0 Å². The second-order valence-electron chi connectivity index (χ2n) is 2.18. The van der Waals surface area contributed by atoms with Gasteiger partial charge in [0.15, 0.2) is 5.78 Å². The third-order valence-electron chi connectivity index (χ3n) is 1.18. The van der Waals surface area contributed by atoms with Crippen LogP contribution in [-0.4, -0.2) is 12.0 Å². The number of hydrogen-bond donors (Lipinski definition) is 0. The molecule has 0 spiro atoms. The van der Waals surface area contributed by atoms with Gasteiger partial charge < -0.3 is 0 Å². The van der Waals surface area contributed by atoms with Crippen LogP contribution in [-0.2, 0) is 4.79 Å². The summed E-state index contributed by atoms with van der Waals surface area (Å²) in [6.07, 6.45) is 5.31. The molecule has 0 aliphatic carbocycles. The summed E-state index contributed by atoms with van der Waals surface area (Å²) in [4.78, 5) is 12.0. The van der Waals surface area contributed by atoms with Gasteiger partial charge >= 0.3 is 0 Å². The van der Waals surface area contributed by atoms with Gasteiger partial charge in [-0.25, -0.2) is 0 Å². The normalized spacial score (nSPS) is 11.7. The molecule has 1 nitrogen and oxygen atoms in total. The summed E-state index contributed by atoms with van der Waals surface area (Å²) in [5.74, 6) is 0.245. The van der Waals surface area contributed by atoms with Crippen molar-refractivity contribution in [3.05, 3.63) is 11.0 Å². The highest BCUT2D eigenvalue weighted by atomic mass is 32.2. The van der Waals surface area contributed by atoms with Crippen LogP contribution in [0.25, 0.3) is 0 Å². The zero-order chi connectivity index (χ0) is 7.98. The van der Waals surface area contributed by atoms with Crippen molar-refractivity contribution in [1.29, 1.82) is 0 Å². The molecule has 0 aliphatic heterocycles. The number of hydrogen-bond acceptors (Lipinski definition) is 2. The number of carbonyl (C=O) groups excluding carboxylic acids is 1. The predicted molar refractivity (Wildman–Crippen MR) is 47.2 cm³/mol. The van der Waals surface area contributed by atoms with Crippen LogP contribution in [0.2, 0.25) is 0 Å². The van der Waals surface area contributed by atoms with Crippen molar-refractivity contribution < 1.29 is 4.79 Å². The molecule has 0 aromatic rings. The lowest BCUT2D eigenvalue weighted by Crippen LogP contribution is -1.90. The van der Waals surface area contributed by atoms with E-state index in [1.807, 2.05) is 20.1 Å². The molecule has 0 saturated heterocycles. The van der Waals surface area contributed by atoms with E-state index in [0.29, 0.717) is 6.42 Å². The molecule has 0 aromatic heterocycles. The molecule has 0 rings (SSSR count). The Kier molecular flexibility index (Phi) is 5.40. The fraction of sp³-hybridized carbons (Fsp3) is 0.625. The topological polar surface area (TPSA) is 17.1 Å². The minimum atomic E-state index is 0.245. The summed E-state index contributed by atoms with van der Waals surface area (Å²) >= 11 is 1.62. The number of ketones is 1. The first-order chi connectivity index (χ1) is 4.70. The summed E-state index contributed by atoms with van der Waals surface area (Å²) in [5.41, 5.74) is 0. The number of thioether (sulfide) groups is 1. The summed E-state index contributed by atoms with van der Waals surface area (Å²) in [5, 5.41) is 0. The Morgan fingerprint density at radius 2 is 2.20 bits per heavy atom. The zero-order valence-corrected chi connectivity index (χ0v) is 7.62. The van der Waals surface area contributed by atoms with Crippen molar-refractivity contribution >= 4 is 17.5 Å². The molecule has 0 fully saturated rings. The monoisotopic (exact) mass is 158 g/mol. The maximum absolute atomic E-state index is 10.9. The molecule has 0 atom stereocenters. The van der Waals surface area contributed by atoms with Crippen LogP contribution in [0.5, 0.6) is 0 Å². The molecule has 0 bridgehead atoms. The van der Waals surface area contributed by atoms with E-state index in [1.165, 1.54) is 0 Å². The first-order valence-corrected chi connectivity index (χ1v) is 4.68. The maximum atomic E-state index is 10.9. The van der Waals surface area contributed by atoms with E-state index in [4.69, 9.17) is 0 Å². The first kappa shape index (κ1) is 9.76. The minimum absolute atomic E-state index is 0.245. The Bertz CT molecular complexity index is 138. The summed E-state index contributed by atoms with van der Waals surface area (Å²) in [6, 6.07) is 0. The zero-order valence-electron chi connectivity index (χ0n) is 6.81. The Balaban J connectivity index is 3.75. The molecule has 10 heavy (non-hydrogen) atoms. The molecule has 0 N–H and O–H groups in total. The van der Waals surface area contributed by atoms with Gasteiger partial charge in [-0.2, -0.15) is 0 Å². The SMILES string of the molecule is CCCC(=O)/C=C(/C)SC. The predicted octanol–water partition coefficient (Wildman–Crippen LogP) is 2.62. The van der Waals surface area contributed by atoms with Crippen LogP contribution in [0.4, 0.5) is 0 Å². The first-order valence-electron chi connectivity index (χ1n) is 3.45. The van der Waals surface area contributed by atoms with Crippen molar-refractivity contribution in [2.45, 2.75) is 26.7 Å². The lowest BCUT2D eigenvalue weighted by atomic mass is 10.2. The second-order valence-corrected chi connectivity index (χ2v) is 3.23. The van der Waals surface area contributed by atoms with Crippen LogP contribution >= 0.6 is 11.8 Å². The Hall–Kier alpha value is -0.240. The van der Waals surface area contributed by atoms with Gasteiger partial charge in [0, 0.05) is 6.42 Å². The molecule has 58 valence electrons. The number of allylic oxidation sites excluding steroid dienone is 2. The number of carbonyl (C=O) groups is 1. The third-order valence-corrected chi connectivity index (χ3v) is 1.94. The van der Waals surface area contributed by atoms with E-state index in [-0.39, 0.29) is 5.78 Å². The van der Waals surface area contributed by atoms with Gasteiger partial charge in [0.1, 0.15) is 0 Å². The molecule has 0 saturated carbocycles. The van der Waals surface area contributed by atoms with Gasteiger partial charge in [-0.15, -0.1) is 11.8 Å². The molecule has 0 heterocycles. The van der Waals surface area contributed by atoms with E-state index in [9.17, 15) is 4.79 Å². The van der Waals surface area contributed by atoms with Crippen LogP contribution in [0, 0.1) is 0 Å². The van der Waals surface area contributed by atoms with Gasteiger partial charge in [-0.05, 0) is 30.6 Å². The summed E-state index contributed by atoms with van der Waals surface area (Å²) in [7, 11) is 0. The highest BCUT2D eigenvalue weighted by molar-refractivity contribution is 8.02. The van der Waals surface area contributed by atoms with Gasteiger partial charge in [-0.1, -0.05) is 6.92 Å². The lowest BCUT2D eigenvalue weighted by Gasteiger charge is -1.92. The molecule has 0 aromatic carbocycles.